The van der Waals surface area contributed by atoms with Crippen molar-refractivity contribution in [1.82, 2.24) is 10.4 Å². The summed E-state index contributed by atoms with van der Waals surface area (Å²) in [6.07, 6.45) is 1.65. The molecular formula is C10H12N4O. The number of hydrogen-bond donors (Lipinski definition) is 2. The average molecular weight is 204 g/mol. The number of nitrogens with zero attached hydrogens (tertiary/aromatic N) is 2. The molecule has 78 valence electrons. The standard InChI is InChI=1S/C10H12N4O/c1-13-7-9(10(11)15)12-14(13)8-5-3-2-4-6-8/h2-7,12H,1H3,(H2,11,15). The minimum Gasteiger partial charge on any atom is -0.364 e. The van der Waals surface area contributed by atoms with Crippen LogP contribution < -0.4 is 16.3 Å². The minimum absolute atomic E-state index is 0.376. The van der Waals surface area contributed by atoms with Gasteiger partial charge >= 0.3 is 0 Å². The highest BCUT2D eigenvalue weighted by atomic mass is 16.1. The lowest BCUT2D eigenvalue weighted by Gasteiger charge is -2.26. The second-order valence-corrected chi connectivity index (χ2v) is 3.24. The summed E-state index contributed by atoms with van der Waals surface area (Å²) in [4.78, 5) is 11.0. The van der Waals surface area contributed by atoms with E-state index in [1.165, 1.54) is 0 Å². The highest BCUT2D eigenvalue weighted by Crippen LogP contribution is 2.17. The molecule has 0 aromatic heterocycles. The first-order chi connectivity index (χ1) is 7.18. The van der Waals surface area contributed by atoms with E-state index >= 15 is 0 Å². The number of primary amides is 1. The monoisotopic (exact) mass is 204 g/mol. The van der Waals surface area contributed by atoms with Crippen molar-refractivity contribution in [2.75, 3.05) is 12.2 Å². The molecule has 1 aliphatic heterocycles. The van der Waals surface area contributed by atoms with Gasteiger partial charge in [0, 0.05) is 7.05 Å². The fourth-order valence-corrected chi connectivity index (χ4v) is 1.40. The molecule has 0 saturated carbocycles. The van der Waals surface area contributed by atoms with E-state index in [-0.39, 0.29) is 0 Å². The summed E-state index contributed by atoms with van der Waals surface area (Å²) in [6.45, 7) is 0. The van der Waals surface area contributed by atoms with Gasteiger partial charge in [0.25, 0.3) is 5.91 Å². The van der Waals surface area contributed by atoms with Crippen LogP contribution in [0.4, 0.5) is 5.69 Å². The zero-order valence-electron chi connectivity index (χ0n) is 8.34. The van der Waals surface area contributed by atoms with Crippen molar-refractivity contribution < 1.29 is 4.79 Å². The topological polar surface area (TPSA) is 61.6 Å². The number of nitrogens with one attached hydrogen (secondary N) is 1. The number of carbonyl (C=O) groups is 1. The Labute approximate surface area is 87.7 Å². The largest absolute Gasteiger partial charge is 0.364 e. The third-order valence-corrected chi connectivity index (χ3v) is 2.12. The predicted octanol–water partition coefficient (Wildman–Crippen LogP) is 0.185. The maximum atomic E-state index is 11.0. The second-order valence-electron chi connectivity index (χ2n) is 3.24. The van der Waals surface area contributed by atoms with E-state index < -0.39 is 5.91 Å². The van der Waals surface area contributed by atoms with Gasteiger partial charge in [0.1, 0.15) is 5.70 Å². The van der Waals surface area contributed by atoms with Gasteiger partial charge in [-0.3, -0.25) is 15.2 Å². The Hall–Kier alpha value is -2.17. The van der Waals surface area contributed by atoms with Crippen LogP contribution in [-0.4, -0.2) is 18.0 Å². The lowest BCUT2D eigenvalue weighted by Crippen LogP contribution is -2.41. The fourth-order valence-electron chi connectivity index (χ4n) is 1.40. The molecule has 0 fully saturated rings. The van der Waals surface area contributed by atoms with Crippen LogP contribution in [0.2, 0.25) is 0 Å². The van der Waals surface area contributed by atoms with E-state index in [1.54, 1.807) is 16.3 Å². The molecule has 0 bridgehead atoms. The van der Waals surface area contributed by atoms with Gasteiger partial charge in [0.05, 0.1) is 11.9 Å². The van der Waals surface area contributed by atoms with Crippen LogP contribution in [0, 0.1) is 0 Å². The van der Waals surface area contributed by atoms with Gasteiger partial charge in [-0.15, -0.1) is 0 Å². The number of carbonyl (C=O) groups excluding carboxylic acids is 1. The van der Waals surface area contributed by atoms with Gasteiger partial charge in [0.2, 0.25) is 0 Å². The summed E-state index contributed by atoms with van der Waals surface area (Å²) in [7, 11) is 1.83. The first kappa shape index (κ1) is 9.39. The number of hydrazine groups is 2. The Morgan fingerprint density at radius 2 is 2.00 bits per heavy atom. The lowest BCUT2D eigenvalue weighted by atomic mass is 10.3. The first-order valence-electron chi connectivity index (χ1n) is 4.54. The highest BCUT2D eigenvalue weighted by molar-refractivity contribution is 5.92. The van der Waals surface area contributed by atoms with E-state index in [2.05, 4.69) is 5.43 Å². The molecule has 1 amide bonds. The Bertz CT molecular complexity index is 401. The van der Waals surface area contributed by atoms with E-state index in [1.807, 2.05) is 37.4 Å². The number of rotatable bonds is 2. The fraction of sp³-hybridized carbons (Fsp3) is 0.100. The van der Waals surface area contributed by atoms with Crippen molar-refractivity contribution >= 4 is 11.6 Å². The molecule has 1 aromatic rings. The summed E-state index contributed by atoms with van der Waals surface area (Å²) in [6, 6.07) is 9.64. The number of nitrogens with two attached hydrogens (primary N) is 1. The molecule has 0 radical (unpaired) electrons. The van der Waals surface area contributed by atoms with Crippen molar-refractivity contribution in [3.8, 4) is 0 Å². The van der Waals surface area contributed by atoms with Gasteiger partial charge < -0.3 is 5.73 Å². The van der Waals surface area contributed by atoms with Crippen LogP contribution in [0.5, 0.6) is 0 Å². The number of amides is 1. The number of benzene rings is 1. The first-order valence-corrected chi connectivity index (χ1v) is 4.54. The van der Waals surface area contributed by atoms with Crippen LogP contribution in [0.15, 0.2) is 42.2 Å². The third-order valence-electron chi connectivity index (χ3n) is 2.12. The average Bonchev–Trinajstić information content (AvgIpc) is 2.62. The second kappa shape index (κ2) is 3.53. The molecule has 3 N–H and O–H groups in total. The SMILES string of the molecule is CN1C=C(C(N)=O)NN1c1ccccc1. The van der Waals surface area contributed by atoms with Gasteiger partial charge in [-0.1, -0.05) is 18.2 Å². The van der Waals surface area contributed by atoms with Crippen LogP contribution in [-0.2, 0) is 4.79 Å². The zero-order valence-corrected chi connectivity index (χ0v) is 8.34. The smallest absolute Gasteiger partial charge is 0.268 e. The van der Waals surface area contributed by atoms with Crippen molar-refractivity contribution in [2.24, 2.45) is 5.73 Å². The Balaban J connectivity index is 2.20. The number of hydrogen-bond acceptors (Lipinski definition) is 4. The molecule has 15 heavy (non-hydrogen) atoms. The van der Waals surface area contributed by atoms with Crippen molar-refractivity contribution in [3.05, 3.63) is 42.2 Å². The van der Waals surface area contributed by atoms with Gasteiger partial charge in [-0.2, -0.15) is 5.12 Å². The van der Waals surface area contributed by atoms with E-state index in [0.717, 1.165) is 5.69 Å². The van der Waals surface area contributed by atoms with Crippen molar-refractivity contribution in [2.45, 2.75) is 0 Å². The summed E-state index contributed by atoms with van der Waals surface area (Å²) >= 11 is 0. The van der Waals surface area contributed by atoms with Crippen molar-refractivity contribution in [1.29, 1.82) is 0 Å². The maximum Gasteiger partial charge on any atom is 0.268 e. The molecule has 1 aromatic carbocycles. The van der Waals surface area contributed by atoms with Gasteiger partial charge in [-0.25, -0.2) is 0 Å². The molecule has 2 rings (SSSR count). The van der Waals surface area contributed by atoms with Gasteiger partial charge in [0.15, 0.2) is 0 Å². The minimum atomic E-state index is -0.472. The Morgan fingerprint density at radius 1 is 1.33 bits per heavy atom. The van der Waals surface area contributed by atoms with Crippen LogP contribution >= 0.6 is 0 Å². The van der Waals surface area contributed by atoms with Crippen LogP contribution in [0.1, 0.15) is 0 Å². The summed E-state index contributed by atoms with van der Waals surface area (Å²) < 4.78 is 0. The zero-order chi connectivity index (χ0) is 10.8. The highest BCUT2D eigenvalue weighted by Gasteiger charge is 2.21. The molecule has 5 nitrogen and oxygen atoms in total. The summed E-state index contributed by atoms with van der Waals surface area (Å²) in [5.74, 6) is -0.472. The summed E-state index contributed by atoms with van der Waals surface area (Å²) in [5.41, 5.74) is 9.39. The predicted molar refractivity (Wildman–Crippen MR) is 57.1 cm³/mol. The normalized spacial score (nSPS) is 14.9. The molecule has 0 atom stereocenters. The molecular weight excluding hydrogens is 192 g/mol. The molecule has 0 saturated heterocycles. The van der Waals surface area contributed by atoms with Crippen LogP contribution in [0.3, 0.4) is 0 Å². The molecule has 0 spiro atoms. The van der Waals surface area contributed by atoms with E-state index in [0.29, 0.717) is 5.70 Å². The maximum absolute atomic E-state index is 11.0. The third kappa shape index (κ3) is 1.71. The molecule has 5 heteroatoms. The number of para-hydroxylation sites is 1. The molecule has 1 heterocycles. The van der Waals surface area contributed by atoms with E-state index in [4.69, 9.17) is 5.73 Å². The molecule has 1 aliphatic rings. The van der Waals surface area contributed by atoms with Crippen molar-refractivity contribution in [3.63, 3.8) is 0 Å². The quantitative estimate of drug-likeness (QED) is 0.721. The van der Waals surface area contributed by atoms with Crippen LogP contribution in [0.25, 0.3) is 0 Å². The van der Waals surface area contributed by atoms with E-state index in [9.17, 15) is 4.79 Å². The lowest BCUT2D eigenvalue weighted by molar-refractivity contribution is -0.114. The number of anilines is 1. The molecule has 0 aliphatic carbocycles. The molecule has 0 unspecified atom stereocenters. The Morgan fingerprint density at radius 3 is 2.53 bits per heavy atom. The summed E-state index contributed by atoms with van der Waals surface area (Å²) in [5, 5.41) is 3.50. The Kier molecular flexibility index (Phi) is 2.21. The van der Waals surface area contributed by atoms with Gasteiger partial charge in [-0.05, 0) is 12.1 Å².